The number of ether oxygens (including phenoxy) is 1. The summed E-state index contributed by atoms with van der Waals surface area (Å²) in [5.74, 6) is -0.329. The number of fused-ring (bicyclic) bond motifs is 1. The molecule has 2 aromatic rings. The summed E-state index contributed by atoms with van der Waals surface area (Å²) >= 11 is 0. The van der Waals surface area contributed by atoms with Crippen LogP contribution in [0.5, 0.6) is 0 Å². The maximum Gasteiger partial charge on any atom is 0.481 e. The molecule has 0 aliphatic carbocycles. The van der Waals surface area contributed by atoms with Crippen molar-refractivity contribution < 1.29 is 42.5 Å². The highest BCUT2D eigenvalue weighted by atomic mass is 31.3. The molecule has 17 heteroatoms. The molecule has 148 valence electrons. The van der Waals surface area contributed by atoms with Crippen LogP contribution < -0.4 is 11.3 Å². The van der Waals surface area contributed by atoms with Crippen molar-refractivity contribution in [2.24, 2.45) is 0 Å². The lowest BCUT2D eigenvalue weighted by atomic mass is 10.3. The van der Waals surface area contributed by atoms with Crippen molar-refractivity contribution >= 4 is 32.8 Å². The van der Waals surface area contributed by atoms with Gasteiger partial charge < -0.3 is 30.3 Å². The van der Waals surface area contributed by atoms with Crippen molar-refractivity contribution in [2.75, 3.05) is 12.3 Å². The van der Waals surface area contributed by atoms with Crippen LogP contribution in [0, 0.1) is 0 Å². The van der Waals surface area contributed by atoms with Crippen LogP contribution in [-0.2, 0) is 22.7 Å². The Kier molecular flexibility index (Phi) is 4.96. The molecule has 0 amide bonds. The molecule has 0 saturated heterocycles. The van der Waals surface area contributed by atoms with Crippen molar-refractivity contribution in [1.82, 2.24) is 19.5 Å². The van der Waals surface area contributed by atoms with E-state index < -0.39 is 40.1 Å². The van der Waals surface area contributed by atoms with Gasteiger partial charge in [0.1, 0.15) is 24.8 Å². The fraction of sp³-hybridized carbons (Fsp3) is 0.300. The van der Waals surface area contributed by atoms with E-state index in [0.29, 0.717) is 0 Å². The minimum atomic E-state index is -5.26. The van der Waals surface area contributed by atoms with Gasteiger partial charge in [-0.2, -0.15) is 9.29 Å². The quantitative estimate of drug-likeness (QED) is 0.296. The van der Waals surface area contributed by atoms with Crippen LogP contribution in [-0.4, -0.2) is 52.0 Å². The average Bonchev–Trinajstić information content (AvgIpc) is 3.06. The number of H-pyrrole nitrogens is 1. The number of hydrogen-bond acceptors (Lipinski definition) is 10. The fourth-order valence-corrected chi connectivity index (χ4v) is 3.83. The van der Waals surface area contributed by atoms with Crippen molar-refractivity contribution in [1.29, 1.82) is 0 Å². The Morgan fingerprint density at radius 2 is 2.07 bits per heavy atom. The number of imidazole rings is 1. The van der Waals surface area contributed by atoms with Gasteiger partial charge in [-0.15, -0.1) is 0 Å². The molecule has 1 unspecified atom stereocenters. The number of rotatable bonds is 6. The second-order valence-corrected chi connectivity index (χ2v) is 8.05. The Bertz CT molecular complexity index is 1060. The predicted octanol–water partition coefficient (Wildman–Crippen LogP) is -1.30. The first kappa shape index (κ1) is 19.7. The number of anilines is 1. The van der Waals surface area contributed by atoms with Gasteiger partial charge >= 0.3 is 15.6 Å². The third-order valence-corrected chi connectivity index (χ3v) is 5.36. The van der Waals surface area contributed by atoms with Gasteiger partial charge in [0, 0.05) is 0 Å². The van der Waals surface area contributed by atoms with Gasteiger partial charge in [0.05, 0.1) is 0 Å². The normalized spacial score (nSPS) is 22.4. The molecular formula is C10H13N5O10P2. The Labute approximate surface area is 148 Å². The van der Waals surface area contributed by atoms with E-state index in [0.717, 1.165) is 6.08 Å². The zero-order valence-electron chi connectivity index (χ0n) is 13.1. The van der Waals surface area contributed by atoms with Crippen LogP contribution in [0.3, 0.4) is 0 Å². The van der Waals surface area contributed by atoms with E-state index in [9.17, 15) is 23.9 Å². The van der Waals surface area contributed by atoms with E-state index in [1.54, 1.807) is 0 Å². The minimum absolute atomic E-state index is 0.0218. The molecule has 0 spiro atoms. The number of aromatic amines is 1. The van der Waals surface area contributed by atoms with Crippen LogP contribution in [0.25, 0.3) is 11.2 Å². The third-order valence-electron chi connectivity index (χ3n) is 3.23. The molecule has 0 aromatic carbocycles. The first-order valence-electron chi connectivity index (χ1n) is 6.97. The largest absolute Gasteiger partial charge is 0.481 e. The number of nitrogen functional groups attached to an aromatic ring is 1. The van der Waals surface area contributed by atoms with Crippen LogP contribution >= 0.6 is 15.6 Å². The van der Waals surface area contributed by atoms with E-state index >= 15 is 0 Å². The monoisotopic (exact) mass is 425 g/mol. The topological polar surface area (TPSA) is 232 Å². The maximum atomic E-state index is 11.8. The van der Waals surface area contributed by atoms with Gasteiger partial charge in [-0.05, 0) is 6.08 Å². The highest BCUT2D eigenvalue weighted by molar-refractivity contribution is 7.60. The molecule has 2 aromatic heterocycles. The summed E-state index contributed by atoms with van der Waals surface area (Å²) in [6, 6.07) is 0. The van der Waals surface area contributed by atoms with Crippen molar-refractivity contribution in [3.63, 3.8) is 0 Å². The third kappa shape index (κ3) is 4.43. The molecule has 7 N–H and O–H groups in total. The molecule has 15 nitrogen and oxygen atoms in total. The number of aromatic nitrogens is 4. The summed E-state index contributed by atoms with van der Waals surface area (Å²) < 4.78 is 36.6. The van der Waals surface area contributed by atoms with Gasteiger partial charge in [-0.1, -0.05) is 0 Å². The number of hydrogen-bond donors (Lipinski definition) is 6. The maximum absolute atomic E-state index is 11.8. The SMILES string of the molecule is Nc1nc2c(ncn2[C@@H]2OC(COP(=O)(O)OP(=O)(O)O)=C[C@H]2O)c(=O)[nH]1. The van der Waals surface area contributed by atoms with Crippen LogP contribution in [0.1, 0.15) is 6.23 Å². The molecule has 1 aliphatic rings. The second-order valence-electron chi connectivity index (χ2n) is 5.22. The van der Waals surface area contributed by atoms with Crippen molar-refractivity contribution in [3.8, 4) is 0 Å². The Balaban J connectivity index is 1.75. The van der Waals surface area contributed by atoms with Crippen LogP contribution in [0.4, 0.5) is 5.95 Å². The molecule has 3 heterocycles. The molecule has 0 saturated carbocycles. The summed E-state index contributed by atoms with van der Waals surface area (Å²) in [7, 11) is -10.3. The molecular weight excluding hydrogens is 412 g/mol. The summed E-state index contributed by atoms with van der Waals surface area (Å²) in [4.78, 5) is 48.1. The summed E-state index contributed by atoms with van der Waals surface area (Å²) in [6.07, 6.45) is -0.150. The lowest BCUT2D eigenvalue weighted by molar-refractivity contribution is -0.00502. The lowest BCUT2D eigenvalue weighted by Gasteiger charge is -2.18. The van der Waals surface area contributed by atoms with E-state index in [4.69, 9.17) is 20.3 Å². The predicted molar refractivity (Wildman–Crippen MR) is 85.7 cm³/mol. The first-order chi connectivity index (χ1) is 12.5. The van der Waals surface area contributed by atoms with Crippen LogP contribution in [0.15, 0.2) is 23.0 Å². The minimum Gasteiger partial charge on any atom is -0.469 e. The smallest absolute Gasteiger partial charge is 0.469 e. The van der Waals surface area contributed by atoms with Crippen LogP contribution in [0.2, 0.25) is 0 Å². The number of aliphatic hydroxyl groups excluding tert-OH is 1. The number of nitrogens with zero attached hydrogens (tertiary/aromatic N) is 3. The summed E-state index contributed by atoms with van der Waals surface area (Å²) in [5, 5.41) is 10.1. The number of phosphoric acid groups is 2. The van der Waals surface area contributed by atoms with E-state index in [2.05, 4.69) is 23.8 Å². The zero-order chi connectivity index (χ0) is 20.0. The Hall–Kier alpha value is -2.09. The standard InChI is InChI=1S/C10H13N5O10P2/c11-10-13-7-6(8(17)14-10)12-3-15(7)9-5(16)1-4(24-9)2-23-27(21,22)25-26(18,19)20/h1,3,5,9,16H,2H2,(H,21,22)(H2,18,19,20)(H3,11,13,14,17)/t5-,9-/m1/s1. The lowest BCUT2D eigenvalue weighted by Crippen LogP contribution is -2.21. The number of aliphatic hydroxyl groups is 1. The fourth-order valence-electron chi connectivity index (χ4n) is 2.27. The molecule has 0 fully saturated rings. The molecule has 3 rings (SSSR count). The molecule has 27 heavy (non-hydrogen) atoms. The average molecular weight is 425 g/mol. The number of nitrogens with two attached hydrogens (primary N) is 1. The second kappa shape index (κ2) is 6.82. The van der Waals surface area contributed by atoms with Gasteiger partial charge in [0.15, 0.2) is 11.2 Å². The number of phosphoric ester groups is 1. The molecule has 0 radical (unpaired) electrons. The zero-order valence-corrected chi connectivity index (χ0v) is 14.9. The van der Waals surface area contributed by atoms with Crippen molar-refractivity contribution in [3.05, 3.63) is 28.5 Å². The first-order valence-corrected chi connectivity index (χ1v) is 10.00. The van der Waals surface area contributed by atoms with E-state index in [-0.39, 0.29) is 22.9 Å². The molecule has 1 aliphatic heterocycles. The molecule has 0 bridgehead atoms. The summed E-state index contributed by atoms with van der Waals surface area (Å²) in [5.41, 5.74) is 4.84. The Morgan fingerprint density at radius 3 is 2.74 bits per heavy atom. The van der Waals surface area contributed by atoms with Gasteiger partial charge in [-0.3, -0.25) is 18.9 Å². The van der Waals surface area contributed by atoms with Crippen molar-refractivity contribution in [2.45, 2.75) is 12.3 Å². The summed E-state index contributed by atoms with van der Waals surface area (Å²) in [6.45, 7) is -0.746. The van der Waals surface area contributed by atoms with Gasteiger partial charge in [0.2, 0.25) is 12.2 Å². The van der Waals surface area contributed by atoms with Gasteiger partial charge in [-0.25, -0.2) is 14.1 Å². The highest BCUT2D eigenvalue weighted by Crippen LogP contribution is 2.57. The van der Waals surface area contributed by atoms with E-state index in [1.165, 1.54) is 10.9 Å². The van der Waals surface area contributed by atoms with Gasteiger partial charge in [0.25, 0.3) is 5.56 Å². The number of nitrogens with one attached hydrogen (secondary N) is 1. The highest BCUT2D eigenvalue weighted by Gasteiger charge is 2.35. The van der Waals surface area contributed by atoms with E-state index in [1.807, 2.05) is 0 Å². The molecule has 3 atom stereocenters. The Morgan fingerprint density at radius 1 is 1.37 bits per heavy atom.